The minimum Gasteiger partial charge on any atom is -0.450 e. The molecule has 2 aromatic rings. The Balaban J connectivity index is 2.53. The second-order valence-corrected chi connectivity index (χ2v) is 5.26. The van der Waals surface area contributed by atoms with Crippen molar-refractivity contribution in [3.8, 4) is 11.5 Å². The first-order chi connectivity index (χ1) is 9.04. The molecule has 0 bridgehead atoms. The van der Waals surface area contributed by atoms with Crippen LogP contribution in [-0.2, 0) is 6.54 Å². The van der Waals surface area contributed by atoms with Gasteiger partial charge in [0.2, 0.25) is 5.75 Å². The first-order valence-corrected chi connectivity index (χ1v) is 6.97. The summed E-state index contributed by atoms with van der Waals surface area (Å²) in [5.41, 5.74) is 1.90. The van der Waals surface area contributed by atoms with E-state index < -0.39 is 0 Å². The maximum atomic E-state index is 12.3. The van der Waals surface area contributed by atoms with Crippen LogP contribution in [0.3, 0.4) is 0 Å². The van der Waals surface area contributed by atoms with E-state index in [-0.39, 0.29) is 5.56 Å². The monoisotopic (exact) mass is 321 g/mol. The Morgan fingerprint density at radius 3 is 2.37 bits per heavy atom. The van der Waals surface area contributed by atoms with Crippen molar-refractivity contribution >= 4 is 15.9 Å². The first kappa shape index (κ1) is 13.9. The standard InChI is InChI=1S/C15H16BrNO2/c1-4-17-9-8-12(16)14(15(17)18)19-13-10(2)6-5-7-11(13)3/h5-9H,4H2,1-3H3. The Labute approximate surface area is 121 Å². The third-order valence-corrected chi connectivity index (χ3v) is 3.65. The quantitative estimate of drug-likeness (QED) is 0.854. The lowest BCUT2D eigenvalue weighted by molar-refractivity contribution is 0.457. The summed E-state index contributed by atoms with van der Waals surface area (Å²) in [4.78, 5) is 12.3. The summed E-state index contributed by atoms with van der Waals surface area (Å²) >= 11 is 3.38. The highest BCUT2D eigenvalue weighted by Crippen LogP contribution is 2.30. The average Bonchev–Trinajstić information content (AvgIpc) is 2.37. The number of pyridine rings is 1. The van der Waals surface area contributed by atoms with Crippen molar-refractivity contribution in [2.75, 3.05) is 0 Å². The smallest absolute Gasteiger partial charge is 0.294 e. The molecule has 0 aliphatic rings. The molecule has 0 aliphatic heterocycles. The highest BCUT2D eigenvalue weighted by atomic mass is 79.9. The number of aromatic nitrogens is 1. The van der Waals surface area contributed by atoms with Gasteiger partial charge in [-0.25, -0.2) is 0 Å². The zero-order valence-electron chi connectivity index (χ0n) is 11.2. The Bertz CT molecular complexity index is 641. The van der Waals surface area contributed by atoms with Crippen LogP contribution in [0.1, 0.15) is 18.1 Å². The molecular formula is C15H16BrNO2. The van der Waals surface area contributed by atoms with E-state index >= 15 is 0 Å². The number of benzene rings is 1. The largest absolute Gasteiger partial charge is 0.450 e. The molecule has 19 heavy (non-hydrogen) atoms. The fourth-order valence-electron chi connectivity index (χ4n) is 1.94. The molecule has 3 nitrogen and oxygen atoms in total. The highest BCUT2D eigenvalue weighted by Gasteiger charge is 2.13. The summed E-state index contributed by atoms with van der Waals surface area (Å²) in [6.07, 6.45) is 1.75. The molecule has 0 fully saturated rings. The van der Waals surface area contributed by atoms with Crippen molar-refractivity contribution in [3.05, 3.63) is 56.4 Å². The fourth-order valence-corrected chi connectivity index (χ4v) is 2.30. The summed E-state index contributed by atoms with van der Waals surface area (Å²) in [5.74, 6) is 1.08. The minimum atomic E-state index is -0.125. The van der Waals surface area contributed by atoms with Gasteiger partial charge in [0.1, 0.15) is 5.75 Å². The molecule has 100 valence electrons. The van der Waals surface area contributed by atoms with E-state index in [1.807, 2.05) is 45.0 Å². The molecule has 0 aliphatic carbocycles. The van der Waals surface area contributed by atoms with Gasteiger partial charge in [-0.1, -0.05) is 18.2 Å². The van der Waals surface area contributed by atoms with Gasteiger partial charge in [-0.05, 0) is 53.9 Å². The van der Waals surface area contributed by atoms with Crippen molar-refractivity contribution in [1.29, 1.82) is 0 Å². The molecule has 0 saturated heterocycles. The third kappa shape index (κ3) is 2.73. The van der Waals surface area contributed by atoms with Crippen molar-refractivity contribution in [1.82, 2.24) is 4.57 Å². The Morgan fingerprint density at radius 1 is 1.16 bits per heavy atom. The second-order valence-electron chi connectivity index (χ2n) is 4.41. The molecule has 1 aromatic heterocycles. The van der Waals surface area contributed by atoms with E-state index in [1.165, 1.54) is 0 Å². The zero-order valence-corrected chi connectivity index (χ0v) is 12.8. The summed E-state index contributed by atoms with van der Waals surface area (Å²) in [5, 5.41) is 0. The van der Waals surface area contributed by atoms with E-state index in [9.17, 15) is 4.79 Å². The Kier molecular flexibility index (Phi) is 4.10. The zero-order chi connectivity index (χ0) is 14.0. The lowest BCUT2D eigenvalue weighted by Crippen LogP contribution is -2.20. The number of rotatable bonds is 3. The van der Waals surface area contributed by atoms with Crippen LogP contribution in [0.4, 0.5) is 0 Å². The number of para-hydroxylation sites is 1. The van der Waals surface area contributed by atoms with Crippen LogP contribution < -0.4 is 10.3 Å². The predicted molar refractivity (Wildman–Crippen MR) is 80.1 cm³/mol. The maximum absolute atomic E-state index is 12.3. The third-order valence-electron chi connectivity index (χ3n) is 3.03. The van der Waals surface area contributed by atoms with Crippen LogP contribution in [0.2, 0.25) is 0 Å². The number of hydrogen-bond donors (Lipinski definition) is 0. The van der Waals surface area contributed by atoms with Crippen LogP contribution in [-0.4, -0.2) is 4.57 Å². The topological polar surface area (TPSA) is 31.2 Å². The Morgan fingerprint density at radius 2 is 1.79 bits per heavy atom. The molecule has 0 atom stereocenters. The van der Waals surface area contributed by atoms with Gasteiger partial charge in [0.25, 0.3) is 5.56 Å². The number of halogens is 1. The molecule has 2 rings (SSSR count). The normalized spacial score (nSPS) is 10.5. The summed E-state index contributed by atoms with van der Waals surface area (Å²) in [6.45, 7) is 6.49. The molecule has 1 aromatic carbocycles. The molecule has 0 N–H and O–H groups in total. The van der Waals surface area contributed by atoms with E-state index in [0.717, 1.165) is 16.9 Å². The van der Waals surface area contributed by atoms with Crippen molar-refractivity contribution in [3.63, 3.8) is 0 Å². The van der Waals surface area contributed by atoms with Crippen molar-refractivity contribution in [2.45, 2.75) is 27.3 Å². The second kappa shape index (κ2) is 5.61. The molecule has 0 amide bonds. The first-order valence-electron chi connectivity index (χ1n) is 6.17. The fraction of sp³-hybridized carbons (Fsp3) is 0.267. The van der Waals surface area contributed by atoms with Crippen LogP contribution in [0.5, 0.6) is 11.5 Å². The molecule has 0 radical (unpaired) electrons. The van der Waals surface area contributed by atoms with Gasteiger partial charge in [0.15, 0.2) is 0 Å². The van der Waals surface area contributed by atoms with Crippen molar-refractivity contribution in [2.24, 2.45) is 0 Å². The van der Waals surface area contributed by atoms with Gasteiger partial charge in [-0.3, -0.25) is 4.79 Å². The molecule has 1 heterocycles. The van der Waals surface area contributed by atoms with Gasteiger partial charge >= 0.3 is 0 Å². The molecular weight excluding hydrogens is 306 g/mol. The number of nitrogens with zero attached hydrogens (tertiary/aromatic N) is 1. The van der Waals surface area contributed by atoms with Gasteiger partial charge in [0, 0.05) is 12.7 Å². The molecule has 0 unspecified atom stereocenters. The van der Waals surface area contributed by atoms with Gasteiger partial charge in [0.05, 0.1) is 4.47 Å². The van der Waals surface area contributed by atoms with E-state index in [1.54, 1.807) is 10.8 Å². The lowest BCUT2D eigenvalue weighted by Gasteiger charge is -2.13. The van der Waals surface area contributed by atoms with E-state index in [0.29, 0.717) is 16.8 Å². The van der Waals surface area contributed by atoms with Gasteiger partial charge < -0.3 is 9.30 Å². The van der Waals surface area contributed by atoms with Gasteiger partial charge in [-0.2, -0.15) is 0 Å². The number of aryl methyl sites for hydroxylation is 3. The van der Waals surface area contributed by atoms with Crippen LogP contribution in [0.15, 0.2) is 39.7 Å². The maximum Gasteiger partial charge on any atom is 0.294 e. The van der Waals surface area contributed by atoms with E-state index in [4.69, 9.17) is 4.74 Å². The molecule has 4 heteroatoms. The minimum absolute atomic E-state index is 0.125. The highest BCUT2D eigenvalue weighted by molar-refractivity contribution is 9.10. The summed E-state index contributed by atoms with van der Waals surface area (Å²) in [7, 11) is 0. The molecule has 0 spiro atoms. The lowest BCUT2D eigenvalue weighted by atomic mass is 10.1. The summed E-state index contributed by atoms with van der Waals surface area (Å²) in [6, 6.07) is 7.74. The SMILES string of the molecule is CCn1ccc(Br)c(Oc2c(C)cccc2C)c1=O. The average molecular weight is 322 g/mol. The van der Waals surface area contributed by atoms with Gasteiger partial charge in [-0.15, -0.1) is 0 Å². The van der Waals surface area contributed by atoms with Crippen LogP contribution >= 0.6 is 15.9 Å². The predicted octanol–water partition coefficient (Wildman–Crippen LogP) is 4.04. The van der Waals surface area contributed by atoms with Crippen LogP contribution in [0.25, 0.3) is 0 Å². The Hall–Kier alpha value is -1.55. The molecule has 0 saturated carbocycles. The summed E-state index contributed by atoms with van der Waals surface area (Å²) < 4.78 is 8.15. The van der Waals surface area contributed by atoms with E-state index in [2.05, 4.69) is 15.9 Å². The number of hydrogen-bond acceptors (Lipinski definition) is 2. The van der Waals surface area contributed by atoms with Crippen LogP contribution in [0, 0.1) is 13.8 Å². The number of ether oxygens (including phenoxy) is 1. The van der Waals surface area contributed by atoms with Crippen molar-refractivity contribution < 1.29 is 4.74 Å².